The molecule has 2 unspecified atom stereocenters. The third kappa shape index (κ3) is 1.86. The normalized spacial score (nSPS) is 35.4. The predicted molar refractivity (Wildman–Crippen MR) is 72.3 cm³/mol. The molecule has 0 aromatic heterocycles. The van der Waals surface area contributed by atoms with Gasteiger partial charge in [-0.05, 0) is 48.6 Å². The topological polar surface area (TPSA) is 26.0 Å². The summed E-state index contributed by atoms with van der Waals surface area (Å²) in [5, 5.41) is 0.640. The van der Waals surface area contributed by atoms with E-state index in [0.717, 1.165) is 24.7 Å². The Morgan fingerprint density at radius 1 is 1.33 bits per heavy atom. The van der Waals surface area contributed by atoms with Gasteiger partial charge in [-0.15, -0.1) is 0 Å². The van der Waals surface area contributed by atoms with E-state index < -0.39 is 0 Å². The summed E-state index contributed by atoms with van der Waals surface area (Å²) in [6, 6.07) is 2.45. The van der Waals surface area contributed by atoms with Crippen molar-refractivity contribution < 1.29 is 4.39 Å². The Hall–Kier alpha value is -0.310. The van der Waals surface area contributed by atoms with Gasteiger partial charge >= 0.3 is 0 Å². The number of halogens is 3. The number of nitrogens with two attached hydrogens (primary N) is 1. The largest absolute Gasteiger partial charge is 0.323 e. The van der Waals surface area contributed by atoms with Crippen LogP contribution in [0.25, 0.3) is 0 Å². The van der Waals surface area contributed by atoms with Crippen LogP contribution in [-0.4, -0.2) is 0 Å². The lowest BCUT2D eigenvalue weighted by Crippen LogP contribution is -2.31. The average Bonchev–Trinajstić information content (AvgIpc) is 2.93. The van der Waals surface area contributed by atoms with Crippen molar-refractivity contribution in [2.45, 2.75) is 32.2 Å². The number of fused-ring (bicyclic) bond motifs is 1. The number of benzene rings is 1. The third-order valence-corrected chi connectivity index (χ3v) is 5.49. The number of hydrogen-bond donors (Lipinski definition) is 1. The van der Waals surface area contributed by atoms with Gasteiger partial charge in [-0.1, -0.05) is 30.1 Å². The second-order valence-corrected chi connectivity index (χ2v) is 6.84. The molecule has 0 aliphatic heterocycles. The van der Waals surface area contributed by atoms with Crippen molar-refractivity contribution in [1.82, 2.24) is 0 Å². The van der Waals surface area contributed by atoms with E-state index in [4.69, 9.17) is 28.9 Å². The van der Waals surface area contributed by atoms with Crippen molar-refractivity contribution in [2.75, 3.05) is 0 Å². The molecular weight excluding hydrogens is 272 g/mol. The van der Waals surface area contributed by atoms with Gasteiger partial charge in [-0.3, -0.25) is 0 Å². The summed E-state index contributed by atoms with van der Waals surface area (Å²) in [5.74, 6) is 1.24. The monoisotopic (exact) mass is 287 g/mol. The molecule has 2 aliphatic rings. The molecule has 0 heterocycles. The Bertz CT molecular complexity index is 493. The van der Waals surface area contributed by atoms with Crippen molar-refractivity contribution in [3.05, 3.63) is 33.6 Å². The molecule has 0 radical (unpaired) electrons. The number of rotatable bonds is 2. The van der Waals surface area contributed by atoms with E-state index in [1.165, 1.54) is 18.6 Å². The molecule has 0 saturated heterocycles. The molecule has 2 N–H and O–H groups in total. The van der Waals surface area contributed by atoms with Crippen LogP contribution in [0.15, 0.2) is 12.1 Å². The fraction of sp³-hybridized carbons (Fsp3) is 0.571. The summed E-state index contributed by atoms with van der Waals surface area (Å²) in [4.78, 5) is 0. The van der Waals surface area contributed by atoms with Crippen LogP contribution in [0.3, 0.4) is 0 Å². The molecule has 4 heteroatoms. The fourth-order valence-electron chi connectivity index (χ4n) is 3.52. The second-order valence-electron chi connectivity index (χ2n) is 6.05. The maximum absolute atomic E-state index is 14.0. The van der Waals surface area contributed by atoms with Crippen LogP contribution in [-0.2, 0) is 0 Å². The predicted octanol–water partition coefficient (Wildman–Crippen LogP) is 4.57. The van der Waals surface area contributed by atoms with Gasteiger partial charge < -0.3 is 5.73 Å². The van der Waals surface area contributed by atoms with E-state index in [1.807, 2.05) is 0 Å². The summed E-state index contributed by atoms with van der Waals surface area (Å²) < 4.78 is 14.0. The Morgan fingerprint density at radius 2 is 1.94 bits per heavy atom. The molecule has 1 aromatic carbocycles. The molecule has 0 amide bonds. The molecule has 0 bridgehead atoms. The van der Waals surface area contributed by atoms with Gasteiger partial charge in [0.1, 0.15) is 5.82 Å². The van der Waals surface area contributed by atoms with Crippen LogP contribution in [0.2, 0.25) is 10.0 Å². The highest BCUT2D eigenvalue weighted by Gasteiger charge is 2.54. The first-order valence-corrected chi connectivity index (χ1v) is 7.07. The fourth-order valence-corrected chi connectivity index (χ4v) is 3.96. The first-order valence-electron chi connectivity index (χ1n) is 6.31. The molecule has 2 fully saturated rings. The van der Waals surface area contributed by atoms with E-state index in [0.29, 0.717) is 10.6 Å². The maximum Gasteiger partial charge on any atom is 0.129 e. The number of hydrogen-bond acceptors (Lipinski definition) is 1. The Balaban J connectivity index is 1.97. The minimum atomic E-state index is -0.378. The molecule has 3 rings (SSSR count). The smallest absolute Gasteiger partial charge is 0.129 e. The average molecular weight is 288 g/mol. The van der Waals surface area contributed by atoms with Crippen LogP contribution in [0.4, 0.5) is 4.39 Å². The molecule has 2 aliphatic carbocycles. The summed E-state index contributed by atoms with van der Waals surface area (Å²) in [6.45, 7) is 2.14. The van der Waals surface area contributed by atoms with Crippen molar-refractivity contribution >= 4 is 23.2 Å². The van der Waals surface area contributed by atoms with Crippen LogP contribution >= 0.6 is 23.2 Å². The van der Waals surface area contributed by atoms with Crippen LogP contribution < -0.4 is 5.73 Å². The van der Waals surface area contributed by atoms with Gasteiger partial charge in [0.05, 0.1) is 10.0 Å². The van der Waals surface area contributed by atoms with E-state index in [1.54, 1.807) is 0 Å². The minimum Gasteiger partial charge on any atom is -0.323 e. The molecule has 2 saturated carbocycles. The Morgan fingerprint density at radius 3 is 2.56 bits per heavy atom. The summed E-state index contributed by atoms with van der Waals surface area (Å²) in [5.41, 5.74) is 6.63. The van der Waals surface area contributed by atoms with Gasteiger partial charge in [0, 0.05) is 11.6 Å². The van der Waals surface area contributed by atoms with E-state index in [2.05, 4.69) is 6.92 Å². The Kier molecular flexibility index (Phi) is 2.89. The van der Waals surface area contributed by atoms with Crippen LogP contribution in [0, 0.1) is 23.1 Å². The van der Waals surface area contributed by atoms with Gasteiger partial charge in [-0.2, -0.15) is 0 Å². The van der Waals surface area contributed by atoms with Gasteiger partial charge in [0.15, 0.2) is 0 Å². The molecule has 1 nitrogen and oxygen atoms in total. The van der Waals surface area contributed by atoms with Gasteiger partial charge in [0.25, 0.3) is 0 Å². The summed E-state index contributed by atoms with van der Waals surface area (Å²) >= 11 is 12.1. The second kappa shape index (κ2) is 4.09. The zero-order chi connectivity index (χ0) is 13.1. The lowest BCUT2D eigenvalue weighted by Gasteiger charge is -2.34. The van der Waals surface area contributed by atoms with Crippen molar-refractivity contribution in [3.8, 4) is 0 Å². The lowest BCUT2D eigenvalue weighted by atomic mass is 9.75. The molecule has 18 heavy (non-hydrogen) atoms. The summed E-state index contributed by atoms with van der Waals surface area (Å²) in [6.07, 6.45) is 3.45. The van der Waals surface area contributed by atoms with E-state index in [-0.39, 0.29) is 22.3 Å². The zero-order valence-corrected chi connectivity index (χ0v) is 11.7. The minimum absolute atomic E-state index is 0.0528. The zero-order valence-electron chi connectivity index (χ0n) is 10.2. The third-order valence-electron chi connectivity index (χ3n) is 4.67. The highest BCUT2D eigenvalue weighted by molar-refractivity contribution is 6.42. The highest BCUT2D eigenvalue weighted by atomic mass is 35.5. The Labute approximate surface area is 116 Å². The summed E-state index contributed by atoms with van der Waals surface area (Å²) in [7, 11) is 0. The quantitative estimate of drug-likeness (QED) is 0.793. The standard InChI is InChI=1S/C14H16Cl2FN/c1-14(5-7-4-8(7)6-14)13(18)11-10(17)3-2-9(15)12(11)16/h2-3,7-8,13H,4-6,18H2,1H3/t7?,8?,13-,14?/m1/s1. The van der Waals surface area contributed by atoms with Crippen LogP contribution in [0.5, 0.6) is 0 Å². The van der Waals surface area contributed by atoms with Crippen molar-refractivity contribution in [1.29, 1.82) is 0 Å². The van der Waals surface area contributed by atoms with E-state index in [9.17, 15) is 4.39 Å². The highest BCUT2D eigenvalue weighted by Crippen LogP contribution is 2.63. The lowest BCUT2D eigenvalue weighted by molar-refractivity contribution is 0.232. The van der Waals surface area contributed by atoms with E-state index >= 15 is 0 Å². The maximum atomic E-state index is 14.0. The van der Waals surface area contributed by atoms with Crippen molar-refractivity contribution in [2.24, 2.45) is 23.0 Å². The molecule has 3 atom stereocenters. The van der Waals surface area contributed by atoms with Gasteiger partial charge in [0.2, 0.25) is 0 Å². The van der Waals surface area contributed by atoms with Gasteiger partial charge in [-0.25, -0.2) is 4.39 Å². The van der Waals surface area contributed by atoms with Crippen LogP contribution in [0.1, 0.15) is 37.8 Å². The molecule has 98 valence electrons. The first kappa shape index (κ1) is 12.7. The molecule has 0 spiro atoms. The SMILES string of the molecule is CC1([C@H](N)c2c(F)ccc(Cl)c2Cl)CC2CC2C1. The molecular formula is C14H16Cl2FN. The molecule has 1 aromatic rings. The van der Waals surface area contributed by atoms with Crippen molar-refractivity contribution in [3.63, 3.8) is 0 Å². The first-order chi connectivity index (χ1) is 8.42.